The van der Waals surface area contributed by atoms with Crippen molar-refractivity contribution in [3.05, 3.63) is 64.1 Å². The van der Waals surface area contributed by atoms with E-state index < -0.39 is 0 Å². The largest absolute Gasteiger partial charge is 0.342 e. The van der Waals surface area contributed by atoms with Crippen LogP contribution in [0.4, 0.5) is 0 Å². The van der Waals surface area contributed by atoms with E-state index in [-0.39, 0.29) is 17.9 Å². The fourth-order valence-electron chi connectivity index (χ4n) is 4.38. The average molecular weight is 427 g/mol. The molecule has 5 rings (SSSR count). The van der Waals surface area contributed by atoms with Crippen LogP contribution in [0.3, 0.4) is 0 Å². The van der Waals surface area contributed by atoms with Crippen molar-refractivity contribution < 1.29 is 4.79 Å². The highest BCUT2D eigenvalue weighted by Crippen LogP contribution is 2.35. The molecular weight excluding hydrogens is 404 g/mol. The number of carbonyl (C=O) groups is 1. The highest BCUT2D eigenvalue weighted by Gasteiger charge is 2.37. The molecule has 3 aromatic rings. The number of fused-ring (bicyclic) bond motifs is 1. The number of likely N-dealkylation sites (tertiary alicyclic amines) is 1. The van der Waals surface area contributed by atoms with Gasteiger partial charge in [-0.2, -0.15) is 0 Å². The molecule has 150 valence electrons. The van der Waals surface area contributed by atoms with E-state index in [0.717, 1.165) is 42.0 Å². The zero-order valence-corrected chi connectivity index (χ0v) is 17.5. The molecule has 7 heteroatoms. The Balaban J connectivity index is 1.25. The zero-order chi connectivity index (χ0) is 19.8. The van der Waals surface area contributed by atoms with E-state index in [0.29, 0.717) is 12.5 Å². The summed E-state index contributed by atoms with van der Waals surface area (Å²) in [5.74, 6) is 0.587. The second-order valence-electron chi connectivity index (χ2n) is 7.78. The van der Waals surface area contributed by atoms with Crippen LogP contribution in [0.25, 0.3) is 10.2 Å². The summed E-state index contributed by atoms with van der Waals surface area (Å²) in [7, 11) is 0. The molecule has 2 atom stereocenters. The number of amides is 1. The average Bonchev–Trinajstić information content (AvgIpc) is 3.41. The molecule has 5 nitrogen and oxygen atoms in total. The predicted molar refractivity (Wildman–Crippen MR) is 117 cm³/mol. The number of rotatable bonds is 3. The third-order valence-electron chi connectivity index (χ3n) is 5.98. The van der Waals surface area contributed by atoms with Crippen LogP contribution in [0.2, 0.25) is 5.02 Å². The van der Waals surface area contributed by atoms with Crippen molar-refractivity contribution in [1.82, 2.24) is 20.7 Å². The molecule has 2 aliphatic rings. The SMILES string of the molecule is O=C(C1CNNC1c1ccccc1)N1CCC(c2nc3cc(Cl)ccc3s2)CC1. The number of nitrogens with one attached hydrogen (secondary N) is 2. The van der Waals surface area contributed by atoms with Crippen molar-refractivity contribution in [1.29, 1.82) is 0 Å². The number of aromatic nitrogens is 1. The van der Waals surface area contributed by atoms with Gasteiger partial charge in [0.2, 0.25) is 5.91 Å². The first-order chi connectivity index (χ1) is 14.2. The Morgan fingerprint density at radius 3 is 2.72 bits per heavy atom. The van der Waals surface area contributed by atoms with Crippen molar-refractivity contribution in [2.24, 2.45) is 5.92 Å². The molecule has 2 aromatic carbocycles. The molecule has 0 aliphatic carbocycles. The minimum absolute atomic E-state index is 0.0235. The summed E-state index contributed by atoms with van der Waals surface area (Å²) < 4.78 is 1.18. The summed E-state index contributed by atoms with van der Waals surface area (Å²) >= 11 is 7.85. The Bertz CT molecular complexity index is 1020. The lowest BCUT2D eigenvalue weighted by Crippen LogP contribution is -2.43. The van der Waals surface area contributed by atoms with Crippen molar-refractivity contribution in [3.63, 3.8) is 0 Å². The lowest BCUT2D eigenvalue weighted by Gasteiger charge is -2.33. The molecular formula is C22H23ClN4OS. The van der Waals surface area contributed by atoms with E-state index in [1.807, 2.05) is 41.3 Å². The van der Waals surface area contributed by atoms with E-state index in [9.17, 15) is 4.79 Å². The van der Waals surface area contributed by atoms with E-state index in [1.54, 1.807) is 11.3 Å². The van der Waals surface area contributed by atoms with Crippen molar-refractivity contribution >= 4 is 39.1 Å². The van der Waals surface area contributed by atoms with Crippen LogP contribution in [0.5, 0.6) is 0 Å². The number of hydrogen-bond donors (Lipinski definition) is 2. The van der Waals surface area contributed by atoms with Gasteiger partial charge in [0.25, 0.3) is 0 Å². The molecule has 2 N–H and O–H groups in total. The Hall–Kier alpha value is -1.99. The van der Waals surface area contributed by atoms with Crippen LogP contribution in [0.15, 0.2) is 48.5 Å². The Kier molecular flexibility index (Phi) is 5.26. The molecule has 2 saturated heterocycles. The lowest BCUT2D eigenvalue weighted by atomic mass is 9.91. The van der Waals surface area contributed by atoms with E-state index in [2.05, 4.69) is 23.0 Å². The molecule has 2 aliphatic heterocycles. The summed E-state index contributed by atoms with van der Waals surface area (Å²) in [5.41, 5.74) is 8.59. The molecule has 0 radical (unpaired) electrons. The third-order valence-corrected chi connectivity index (χ3v) is 7.41. The maximum absolute atomic E-state index is 13.2. The highest BCUT2D eigenvalue weighted by atomic mass is 35.5. The normalized spacial score (nSPS) is 23.0. The molecule has 3 heterocycles. The Morgan fingerprint density at radius 1 is 1.14 bits per heavy atom. The van der Waals surface area contributed by atoms with Gasteiger partial charge in [-0.1, -0.05) is 41.9 Å². The number of halogens is 1. The fraction of sp³-hybridized carbons (Fsp3) is 0.364. The van der Waals surface area contributed by atoms with E-state index >= 15 is 0 Å². The van der Waals surface area contributed by atoms with Crippen molar-refractivity contribution in [3.8, 4) is 0 Å². The summed E-state index contributed by atoms with van der Waals surface area (Å²) in [6.07, 6.45) is 1.92. The summed E-state index contributed by atoms with van der Waals surface area (Å²) in [5, 5.41) is 1.89. The van der Waals surface area contributed by atoms with Crippen LogP contribution in [0.1, 0.15) is 35.4 Å². The molecule has 1 aromatic heterocycles. The van der Waals surface area contributed by atoms with Gasteiger partial charge in [0.1, 0.15) is 0 Å². The number of carbonyl (C=O) groups excluding carboxylic acids is 1. The van der Waals surface area contributed by atoms with Gasteiger partial charge >= 0.3 is 0 Å². The molecule has 29 heavy (non-hydrogen) atoms. The van der Waals surface area contributed by atoms with Crippen LogP contribution in [-0.4, -0.2) is 35.4 Å². The molecule has 0 bridgehead atoms. The number of hydrazine groups is 1. The minimum Gasteiger partial charge on any atom is -0.342 e. The number of benzene rings is 2. The predicted octanol–water partition coefficient (Wildman–Crippen LogP) is 4.12. The first kappa shape index (κ1) is 19.0. The molecule has 0 saturated carbocycles. The smallest absolute Gasteiger partial charge is 0.229 e. The summed E-state index contributed by atoms with van der Waals surface area (Å²) in [6.45, 7) is 2.24. The van der Waals surface area contributed by atoms with Gasteiger partial charge in [-0.25, -0.2) is 10.4 Å². The third kappa shape index (κ3) is 3.78. The second-order valence-corrected chi connectivity index (χ2v) is 9.28. The molecule has 2 unspecified atom stereocenters. The van der Waals surface area contributed by atoms with E-state index in [1.165, 1.54) is 9.71 Å². The van der Waals surface area contributed by atoms with Crippen molar-refractivity contribution in [2.75, 3.05) is 19.6 Å². The monoisotopic (exact) mass is 426 g/mol. The van der Waals surface area contributed by atoms with Crippen LogP contribution >= 0.6 is 22.9 Å². The number of hydrogen-bond acceptors (Lipinski definition) is 5. The van der Waals surface area contributed by atoms with Crippen LogP contribution < -0.4 is 10.9 Å². The molecule has 0 spiro atoms. The van der Waals surface area contributed by atoms with Gasteiger partial charge in [0.15, 0.2) is 0 Å². The maximum Gasteiger partial charge on any atom is 0.229 e. The van der Waals surface area contributed by atoms with Crippen LogP contribution in [-0.2, 0) is 4.79 Å². The second kappa shape index (κ2) is 8.03. The highest BCUT2D eigenvalue weighted by molar-refractivity contribution is 7.18. The zero-order valence-electron chi connectivity index (χ0n) is 16.0. The van der Waals surface area contributed by atoms with Gasteiger partial charge in [0, 0.05) is 30.6 Å². The topological polar surface area (TPSA) is 57.3 Å². The molecule has 1 amide bonds. The van der Waals surface area contributed by atoms with E-state index in [4.69, 9.17) is 16.6 Å². The lowest BCUT2D eigenvalue weighted by molar-refractivity contribution is -0.136. The molecule has 2 fully saturated rings. The minimum atomic E-state index is -0.0708. The van der Waals surface area contributed by atoms with Gasteiger partial charge in [-0.15, -0.1) is 11.3 Å². The number of thiazole rings is 1. The summed E-state index contributed by atoms with van der Waals surface area (Å²) in [6, 6.07) is 16.1. The van der Waals surface area contributed by atoms with Crippen LogP contribution in [0, 0.1) is 5.92 Å². The van der Waals surface area contributed by atoms with Gasteiger partial charge < -0.3 is 4.90 Å². The number of piperidine rings is 1. The first-order valence-corrected chi connectivity index (χ1v) is 11.3. The Labute approximate surface area is 179 Å². The van der Waals surface area contributed by atoms with Gasteiger partial charge in [0.05, 0.1) is 27.2 Å². The number of nitrogens with zero attached hydrogens (tertiary/aromatic N) is 2. The first-order valence-electron chi connectivity index (χ1n) is 10.1. The van der Waals surface area contributed by atoms with Gasteiger partial charge in [-0.05, 0) is 36.6 Å². The quantitative estimate of drug-likeness (QED) is 0.661. The fourth-order valence-corrected chi connectivity index (χ4v) is 5.66. The summed E-state index contributed by atoms with van der Waals surface area (Å²) in [4.78, 5) is 20.1. The Morgan fingerprint density at radius 2 is 1.93 bits per heavy atom. The maximum atomic E-state index is 13.2. The van der Waals surface area contributed by atoms with Gasteiger partial charge in [-0.3, -0.25) is 10.2 Å². The van der Waals surface area contributed by atoms with Crippen molar-refractivity contribution in [2.45, 2.75) is 24.8 Å². The standard InChI is InChI=1S/C22H23ClN4OS/c23-16-6-7-19-18(12-16)25-21(29-19)15-8-10-27(11-9-15)22(28)17-13-24-26-20(17)14-4-2-1-3-5-14/h1-7,12,15,17,20,24,26H,8-11,13H2.